The van der Waals surface area contributed by atoms with Gasteiger partial charge in [0.25, 0.3) is 6.43 Å². The number of aliphatic hydroxyl groups is 1. The first-order valence-corrected chi connectivity index (χ1v) is 12.7. The number of nitrogens with zero attached hydrogens (tertiary/aromatic N) is 7. The van der Waals surface area contributed by atoms with Gasteiger partial charge in [0.15, 0.2) is 5.82 Å². The van der Waals surface area contributed by atoms with Gasteiger partial charge in [-0.2, -0.15) is 15.0 Å². The van der Waals surface area contributed by atoms with E-state index < -0.39 is 36.7 Å². The molecule has 2 aliphatic rings. The van der Waals surface area contributed by atoms with Crippen molar-refractivity contribution in [3.05, 3.63) is 30.1 Å². The van der Waals surface area contributed by atoms with Crippen molar-refractivity contribution in [1.29, 1.82) is 0 Å². The van der Waals surface area contributed by atoms with Gasteiger partial charge in [0, 0.05) is 32.1 Å². The van der Waals surface area contributed by atoms with Crippen LogP contribution < -0.4 is 20.9 Å². The Bertz CT molecular complexity index is 1340. The molecular formula is C24H29F2N9O4. The van der Waals surface area contributed by atoms with Gasteiger partial charge < -0.3 is 30.7 Å². The highest BCUT2D eigenvalue weighted by molar-refractivity contribution is 5.87. The number of amides is 2. The maximum atomic E-state index is 14.1. The summed E-state index contributed by atoms with van der Waals surface area (Å²) in [4.78, 5) is 45.7. The van der Waals surface area contributed by atoms with Crippen LogP contribution >= 0.6 is 0 Å². The summed E-state index contributed by atoms with van der Waals surface area (Å²) in [6.07, 6.45) is -2.01. The summed E-state index contributed by atoms with van der Waals surface area (Å²) >= 11 is 0. The molecule has 0 bridgehead atoms. The number of carbonyl (C=O) groups excluding carboxylic acids is 2. The topological polar surface area (TPSA) is 165 Å². The third-order valence-electron chi connectivity index (χ3n) is 6.87. The van der Waals surface area contributed by atoms with Crippen LogP contribution in [0.2, 0.25) is 0 Å². The van der Waals surface area contributed by atoms with E-state index in [1.54, 1.807) is 24.3 Å². The lowest BCUT2D eigenvalue weighted by molar-refractivity contribution is -0.131. The predicted molar refractivity (Wildman–Crippen MR) is 136 cm³/mol. The number of imidazole rings is 1. The van der Waals surface area contributed by atoms with E-state index >= 15 is 0 Å². The SMILES string of the molecule is NC(=O)[C@H](CO)NC(=O)C1CCN(c2nc(N3CCOCC3)nc(-n3c(C(F)F)nc4ccccc43)n2)CC1. The lowest BCUT2D eigenvalue weighted by Crippen LogP contribution is -2.50. The normalized spacial score (nSPS) is 17.5. The molecule has 2 saturated heterocycles. The standard InChI is InChI=1S/C24H29F2N9O4/c25-18(26)20-28-15-3-1-2-4-17(15)35(20)24-31-22(30-23(32-24)34-9-11-39-12-10-34)33-7-5-14(6-8-33)21(38)29-16(13-36)19(27)37/h1-4,14,16,18,36H,5-13H2,(H2,27,37)(H,29,38)/t16-/m0/s1. The van der Waals surface area contributed by atoms with Crippen molar-refractivity contribution in [3.8, 4) is 5.95 Å². The van der Waals surface area contributed by atoms with Gasteiger partial charge in [-0.1, -0.05) is 12.1 Å². The van der Waals surface area contributed by atoms with E-state index in [0.717, 1.165) is 0 Å². The van der Waals surface area contributed by atoms with Crippen molar-refractivity contribution >= 4 is 34.7 Å². The lowest BCUT2D eigenvalue weighted by Gasteiger charge is -2.33. The number of morpholine rings is 1. The molecule has 13 nitrogen and oxygen atoms in total. The van der Waals surface area contributed by atoms with Crippen molar-refractivity contribution < 1.29 is 28.2 Å². The summed E-state index contributed by atoms with van der Waals surface area (Å²) in [6, 6.07) is 5.64. The van der Waals surface area contributed by atoms with Gasteiger partial charge in [0.1, 0.15) is 6.04 Å². The van der Waals surface area contributed by atoms with E-state index in [1.165, 1.54) is 4.57 Å². The maximum Gasteiger partial charge on any atom is 0.296 e. The number of para-hydroxylation sites is 2. The molecule has 5 rings (SSSR count). The number of carbonyl (C=O) groups is 2. The number of hydrogen-bond donors (Lipinski definition) is 3. The van der Waals surface area contributed by atoms with E-state index in [1.807, 2.05) is 9.80 Å². The summed E-state index contributed by atoms with van der Waals surface area (Å²) in [5.74, 6) is -1.40. The number of aliphatic hydroxyl groups excluding tert-OH is 1. The number of piperidine rings is 1. The van der Waals surface area contributed by atoms with Gasteiger partial charge in [-0.15, -0.1) is 0 Å². The number of fused-ring (bicyclic) bond motifs is 1. The first-order valence-electron chi connectivity index (χ1n) is 12.7. The molecule has 0 radical (unpaired) electrons. The quantitative estimate of drug-likeness (QED) is 0.355. The average Bonchev–Trinajstić information content (AvgIpc) is 3.36. The number of primary amides is 1. The molecular weight excluding hydrogens is 516 g/mol. The molecule has 0 saturated carbocycles. The van der Waals surface area contributed by atoms with Crippen molar-refractivity contribution in [2.45, 2.75) is 25.3 Å². The molecule has 0 unspecified atom stereocenters. The minimum atomic E-state index is -2.86. The zero-order chi connectivity index (χ0) is 27.5. The number of hydrogen-bond acceptors (Lipinski definition) is 10. The van der Waals surface area contributed by atoms with Crippen LogP contribution in [0.5, 0.6) is 0 Å². The Kier molecular flexibility index (Phi) is 7.79. The van der Waals surface area contributed by atoms with Crippen molar-refractivity contribution in [2.75, 3.05) is 55.8 Å². The zero-order valence-corrected chi connectivity index (χ0v) is 21.0. The number of nitrogens with one attached hydrogen (secondary N) is 1. The molecule has 2 aliphatic heterocycles. The molecule has 4 heterocycles. The number of rotatable bonds is 8. The number of ether oxygens (including phenoxy) is 1. The molecule has 39 heavy (non-hydrogen) atoms. The van der Waals surface area contributed by atoms with Gasteiger partial charge in [0.05, 0.1) is 30.9 Å². The Hall–Kier alpha value is -3.98. The molecule has 4 N–H and O–H groups in total. The first-order chi connectivity index (χ1) is 18.9. The fourth-order valence-corrected chi connectivity index (χ4v) is 4.73. The summed E-state index contributed by atoms with van der Waals surface area (Å²) in [5, 5.41) is 11.8. The maximum absolute atomic E-state index is 14.1. The summed E-state index contributed by atoms with van der Waals surface area (Å²) in [5.41, 5.74) is 6.05. The summed E-state index contributed by atoms with van der Waals surface area (Å²) in [7, 11) is 0. The van der Waals surface area contributed by atoms with E-state index in [0.29, 0.717) is 75.2 Å². The third-order valence-corrected chi connectivity index (χ3v) is 6.87. The lowest BCUT2D eigenvalue weighted by atomic mass is 9.95. The molecule has 0 aliphatic carbocycles. The van der Waals surface area contributed by atoms with Crippen LogP contribution in [0.25, 0.3) is 17.0 Å². The summed E-state index contributed by atoms with van der Waals surface area (Å²) in [6.45, 7) is 2.24. The number of aromatic nitrogens is 5. The number of benzene rings is 1. The highest BCUT2D eigenvalue weighted by atomic mass is 19.3. The highest BCUT2D eigenvalue weighted by Gasteiger charge is 2.30. The van der Waals surface area contributed by atoms with Gasteiger partial charge in [-0.25, -0.2) is 13.8 Å². The Morgan fingerprint density at radius 3 is 2.23 bits per heavy atom. The second-order valence-electron chi connectivity index (χ2n) is 9.34. The molecule has 2 amide bonds. The minimum Gasteiger partial charge on any atom is -0.394 e. The smallest absolute Gasteiger partial charge is 0.296 e. The minimum absolute atomic E-state index is 0.0256. The average molecular weight is 546 g/mol. The van der Waals surface area contributed by atoms with Gasteiger partial charge in [0.2, 0.25) is 29.7 Å². The fourth-order valence-electron chi connectivity index (χ4n) is 4.73. The number of nitrogens with two attached hydrogens (primary N) is 1. The first kappa shape index (κ1) is 26.6. The van der Waals surface area contributed by atoms with Crippen molar-refractivity contribution in [1.82, 2.24) is 29.8 Å². The van der Waals surface area contributed by atoms with Crippen molar-refractivity contribution in [2.24, 2.45) is 11.7 Å². The van der Waals surface area contributed by atoms with Gasteiger partial charge in [-0.3, -0.25) is 14.2 Å². The summed E-state index contributed by atoms with van der Waals surface area (Å²) < 4.78 is 34.8. The molecule has 15 heteroatoms. The molecule has 0 spiro atoms. The molecule has 2 fully saturated rings. The molecule has 208 valence electrons. The van der Waals surface area contributed by atoms with Gasteiger partial charge >= 0.3 is 0 Å². The Morgan fingerprint density at radius 2 is 1.62 bits per heavy atom. The van der Waals surface area contributed by atoms with Crippen LogP contribution in [0, 0.1) is 5.92 Å². The zero-order valence-electron chi connectivity index (χ0n) is 21.0. The Morgan fingerprint density at radius 1 is 1.00 bits per heavy atom. The van der Waals surface area contributed by atoms with Crippen LogP contribution in [0.4, 0.5) is 20.7 Å². The van der Waals surface area contributed by atoms with E-state index in [4.69, 9.17) is 10.5 Å². The molecule has 3 aromatic rings. The van der Waals surface area contributed by atoms with Crippen LogP contribution in [0.15, 0.2) is 24.3 Å². The predicted octanol–water partition coefficient (Wildman–Crippen LogP) is 0.164. The number of halogens is 2. The van der Waals surface area contributed by atoms with Crippen LogP contribution in [-0.4, -0.2) is 93.5 Å². The third kappa shape index (κ3) is 5.59. The monoisotopic (exact) mass is 545 g/mol. The molecule has 1 aromatic carbocycles. The van der Waals surface area contributed by atoms with Crippen LogP contribution in [0.3, 0.4) is 0 Å². The van der Waals surface area contributed by atoms with E-state index in [9.17, 15) is 23.5 Å². The van der Waals surface area contributed by atoms with Gasteiger partial charge in [-0.05, 0) is 25.0 Å². The van der Waals surface area contributed by atoms with E-state index in [-0.39, 0.29) is 11.9 Å². The van der Waals surface area contributed by atoms with Crippen LogP contribution in [-0.2, 0) is 14.3 Å². The molecule has 2 aromatic heterocycles. The second-order valence-corrected chi connectivity index (χ2v) is 9.34. The van der Waals surface area contributed by atoms with E-state index in [2.05, 4.69) is 25.3 Å². The number of alkyl halides is 2. The highest BCUT2D eigenvalue weighted by Crippen LogP contribution is 2.29. The largest absolute Gasteiger partial charge is 0.394 e. The molecule has 1 atom stereocenters. The van der Waals surface area contributed by atoms with Crippen molar-refractivity contribution in [3.63, 3.8) is 0 Å². The Labute approximate surface area is 222 Å². The fraction of sp³-hybridized carbons (Fsp3) is 0.500. The second kappa shape index (κ2) is 11.4. The Balaban J connectivity index is 1.46. The number of anilines is 2. The van der Waals surface area contributed by atoms with Crippen LogP contribution in [0.1, 0.15) is 25.1 Å².